The lowest BCUT2D eigenvalue weighted by atomic mass is 9.93. The minimum Gasteiger partial charge on any atom is -0.243 e. The van der Waals surface area contributed by atoms with Gasteiger partial charge in [0, 0.05) is 12.4 Å². The van der Waals surface area contributed by atoms with Crippen LogP contribution in [0.25, 0.3) is 29.5 Å². The highest BCUT2D eigenvalue weighted by Crippen LogP contribution is 2.64. The number of alkyl halides is 26. The van der Waals surface area contributed by atoms with Crippen LogP contribution in [0.4, 0.5) is 114 Å². The van der Waals surface area contributed by atoms with Gasteiger partial charge in [-0.1, -0.05) is 0 Å². The first-order chi connectivity index (χ1) is 25.6. The summed E-state index contributed by atoms with van der Waals surface area (Å²) in [5.74, 6) is -76.8. The van der Waals surface area contributed by atoms with Crippen LogP contribution in [-0.4, -0.2) is 69.7 Å². The molecule has 58 heavy (non-hydrogen) atoms. The lowest BCUT2D eigenvalue weighted by Gasteiger charge is -2.39. The summed E-state index contributed by atoms with van der Waals surface area (Å²) in [5.41, 5.74) is 0. The Labute approximate surface area is 316 Å². The average Bonchev–Trinajstić information content (AvgIpc) is 3.89. The van der Waals surface area contributed by atoms with Crippen molar-refractivity contribution in [1.82, 2.24) is 9.97 Å². The first-order valence-corrected chi connectivity index (χ1v) is 16.9. The van der Waals surface area contributed by atoms with Crippen molar-refractivity contribution in [2.24, 2.45) is 0 Å². The van der Waals surface area contributed by atoms with Crippen molar-refractivity contribution in [3.8, 4) is 29.5 Å². The van der Waals surface area contributed by atoms with E-state index in [1.165, 1.54) is 0 Å². The maximum Gasteiger partial charge on any atom is 0.460 e. The molecule has 0 amide bonds. The predicted octanol–water partition coefficient (Wildman–Crippen LogP) is 14.1. The molecule has 0 aromatic carbocycles. The van der Waals surface area contributed by atoms with Gasteiger partial charge in [-0.3, -0.25) is 0 Å². The second kappa shape index (κ2) is 13.7. The normalized spacial score (nSPS) is 15.4. The Balaban J connectivity index is 1.60. The van der Waals surface area contributed by atoms with Gasteiger partial charge < -0.3 is 0 Å². The van der Waals surface area contributed by atoms with Crippen LogP contribution in [0.3, 0.4) is 0 Å². The third-order valence-electron chi connectivity index (χ3n) is 7.37. The Bertz CT molecular complexity index is 1960. The summed E-state index contributed by atoms with van der Waals surface area (Å²) in [7, 11) is 0. The number of hydrogen-bond donors (Lipinski definition) is 0. The summed E-state index contributed by atoms with van der Waals surface area (Å²) in [6.07, 6.45) is -13.7. The summed E-state index contributed by atoms with van der Waals surface area (Å²) in [6, 6.07) is 0.529. The van der Waals surface area contributed by atoms with E-state index in [0.29, 0.717) is 34.8 Å². The van der Waals surface area contributed by atoms with E-state index in [-0.39, 0.29) is 21.9 Å². The Hall–Kier alpha value is -3.16. The molecule has 0 aliphatic carbocycles. The molecule has 326 valence electrons. The van der Waals surface area contributed by atoms with Gasteiger partial charge in [0.2, 0.25) is 0 Å². The number of aromatic nitrogens is 2. The molecule has 4 heterocycles. The number of hydrogen-bond acceptors (Lipinski definition) is 6. The third-order valence-corrected chi connectivity index (χ3v) is 12.2. The van der Waals surface area contributed by atoms with Crippen LogP contribution in [0.1, 0.15) is 9.75 Å². The van der Waals surface area contributed by atoms with E-state index in [1.807, 2.05) is 0 Å². The smallest absolute Gasteiger partial charge is 0.243 e. The molecular formula is C26H6F26N2S4. The molecule has 0 saturated heterocycles. The molecule has 0 unspecified atom stereocenters. The second-order valence-electron chi connectivity index (χ2n) is 11.1. The maximum atomic E-state index is 14.6. The zero-order valence-corrected chi connectivity index (χ0v) is 29.1. The number of thiophene rings is 2. The highest BCUT2D eigenvalue weighted by atomic mass is 32.1. The Morgan fingerprint density at radius 1 is 0.293 bits per heavy atom. The van der Waals surface area contributed by atoms with Gasteiger partial charge in [-0.05, 0) is 24.3 Å². The molecular weight excluding hydrogens is 963 g/mol. The molecule has 4 aromatic rings. The summed E-state index contributed by atoms with van der Waals surface area (Å²) >= 11 is -0.556. The standard InChI is InChI=1S/C26H6F26N2S4/c27-15(28,17(31,32)19(35,36)21(39,40)23(43,44)25(47,48)49)11-3-1-7(55-11)13-53-5-9(57-13)10-6-54-14(58-10)8-2-4-12(56-8)16(29,30)18(33,34)20(37,38)22(41,42)24(45,46)26(50,51)52/h1-6H. The Morgan fingerprint density at radius 2 is 0.552 bits per heavy atom. The molecule has 4 rings (SSSR count). The van der Waals surface area contributed by atoms with E-state index < -0.39 is 124 Å². The van der Waals surface area contributed by atoms with Crippen molar-refractivity contribution in [2.75, 3.05) is 0 Å². The largest absolute Gasteiger partial charge is 0.460 e. The van der Waals surface area contributed by atoms with Crippen LogP contribution in [0.2, 0.25) is 0 Å². The summed E-state index contributed by atoms with van der Waals surface area (Å²) in [5, 5.41) is -1.06. The quantitative estimate of drug-likeness (QED) is 0.125. The molecule has 0 atom stereocenters. The molecule has 0 radical (unpaired) electrons. The van der Waals surface area contributed by atoms with Gasteiger partial charge in [-0.15, -0.1) is 45.3 Å². The average molecular weight is 969 g/mol. The lowest BCUT2D eigenvalue weighted by molar-refractivity contribution is -0.441. The number of halogens is 26. The van der Waals surface area contributed by atoms with E-state index in [2.05, 4.69) is 9.97 Å². The molecule has 0 spiro atoms. The van der Waals surface area contributed by atoms with Gasteiger partial charge in [0.25, 0.3) is 0 Å². The highest BCUT2D eigenvalue weighted by Gasteiger charge is 2.92. The fourth-order valence-electron chi connectivity index (χ4n) is 4.10. The van der Waals surface area contributed by atoms with E-state index in [4.69, 9.17) is 0 Å². The fraction of sp³-hybridized carbons (Fsp3) is 0.462. The lowest BCUT2D eigenvalue weighted by Crippen LogP contribution is -2.69. The van der Waals surface area contributed by atoms with Crippen LogP contribution in [0, 0.1) is 0 Å². The van der Waals surface area contributed by atoms with E-state index >= 15 is 0 Å². The SMILES string of the molecule is FC(F)(F)C(F)(F)C(F)(F)C(F)(F)C(F)(F)C(F)(F)c1ccc(-c2ncc(-c3cnc(-c4ccc(C(F)(F)C(F)(F)C(F)(F)C(F)(F)C(F)(F)C(F)(F)F)s4)s3)s2)s1. The molecule has 0 fully saturated rings. The Kier molecular flexibility index (Phi) is 11.2. The monoisotopic (exact) mass is 968 g/mol. The van der Waals surface area contributed by atoms with Crippen LogP contribution in [0.15, 0.2) is 36.7 Å². The molecule has 32 heteroatoms. The van der Waals surface area contributed by atoms with Crippen molar-refractivity contribution >= 4 is 45.3 Å². The minimum absolute atomic E-state index is 0.136. The van der Waals surface area contributed by atoms with Crippen molar-refractivity contribution in [3.63, 3.8) is 0 Å². The zero-order chi connectivity index (χ0) is 45.1. The molecule has 0 aliphatic rings. The molecule has 0 saturated carbocycles. The Morgan fingerprint density at radius 3 is 0.810 bits per heavy atom. The number of thiazole rings is 2. The second-order valence-corrected chi connectivity index (χ2v) is 15.4. The van der Waals surface area contributed by atoms with E-state index in [1.54, 1.807) is 0 Å². The van der Waals surface area contributed by atoms with Crippen LogP contribution >= 0.6 is 45.3 Å². The van der Waals surface area contributed by atoms with Gasteiger partial charge in [0.05, 0.1) is 29.3 Å². The maximum absolute atomic E-state index is 14.6. The topological polar surface area (TPSA) is 25.8 Å². The minimum atomic E-state index is -8.15. The van der Waals surface area contributed by atoms with Gasteiger partial charge in [-0.25, -0.2) is 9.97 Å². The zero-order valence-electron chi connectivity index (χ0n) is 25.8. The van der Waals surface area contributed by atoms with E-state index in [0.717, 1.165) is 12.4 Å². The first kappa shape index (κ1) is 47.5. The van der Waals surface area contributed by atoms with E-state index in [9.17, 15) is 114 Å². The van der Waals surface area contributed by atoms with Crippen molar-refractivity contribution < 1.29 is 114 Å². The molecule has 0 aliphatic heterocycles. The molecule has 2 nitrogen and oxygen atoms in total. The first-order valence-electron chi connectivity index (χ1n) is 13.7. The summed E-state index contributed by atoms with van der Waals surface area (Å²) in [4.78, 5) is 0.933. The molecule has 0 bridgehead atoms. The third kappa shape index (κ3) is 6.59. The summed E-state index contributed by atoms with van der Waals surface area (Å²) < 4.78 is 352. The van der Waals surface area contributed by atoms with Gasteiger partial charge >= 0.3 is 71.6 Å². The van der Waals surface area contributed by atoms with Crippen molar-refractivity contribution in [2.45, 2.75) is 71.6 Å². The van der Waals surface area contributed by atoms with Crippen molar-refractivity contribution in [3.05, 3.63) is 46.4 Å². The van der Waals surface area contributed by atoms with Gasteiger partial charge in [-0.2, -0.15) is 114 Å². The van der Waals surface area contributed by atoms with Gasteiger partial charge in [0.1, 0.15) is 10.0 Å². The summed E-state index contributed by atoms with van der Waals surface area (Å²) in [6.45, 7) is 0. The van der Waals surface area contributed by atoms with Crippen molar-refractivity contribution in [1.29, 1.82) is 0 Å². The van der Waals surface area contributed by atoms with Gasteiger partial charge in [0.15, 0.2) is 0 Å². The number of rotatable bonds is 13. The van der Waals surface area contributed by atoms with Crippen LogP contribution in [0.5, 0.6) is 0 Å². The number of nitrogens with zero attached hydrogens (tertiary/aromatic N) is 2. The molecule has 0 N–H and O–H groups in total. The molecule has 4 aromatic heterocycles. The van der Waals surface area contributed by atoms with Crippen LogP contribution < -0.4 is 0 Å². The van der Waals surface area contributed by atoms with Crippen LogP contribution in [-0.2, 0) is 11.8 Å². The highest BCUT2D eigenvalue weighted by molar-refractivity contribution is 7.28. The fourth-order valence-corrected chi connectivity index (χ4v) is 8.14. The predicted molar refractivity (Wildman–Crippen MR) is 149 cm³/mol.